The van der Waals surface area contributed by atoms with Crippen molar-refractivity contribution in [1.82, 2.24) is 9.80 Å². The zero-order valence-corrected chi connectivity index (χ0v) is 17.1. The second-order valence-electron chi connectivity index (χ2n) is 7.71. The number of aliphatic hydroxyl groups excluding tert-OH is 1. The van der Waals surface area contributed by atoms with Gasteiger partial charge >= 0.3 is 0 Å². The lowest BCUT2D eigenvalue weighted by atomic mass is 9.93. The molecule has 2 aromatic carbocycles. The third-order valence-electron chi connectivity index (χ3n) is 5.16. The molecule has 1 aliphatic heterocycles. The molecule has 1 aliphatic rings. The lowest BCUT2D eigenvalue weighted by Crippen LogP contribution is -2.35. The van der Waals surface area contributed by atoms with Gasteiger partial charge in [-0.15, -0.1) is 0 Å². The van der Waals surface area contributed by atoms with Crippen molar-refractivity contribution in [2.75, 3.05) is 27.2 Å². The molecule has 1 heterocycles. The summed E-state index contributed by atoms with van der Waals surface area (Å²) in [6.45, 7) is 4.63. The number of Topliss-reactive ketones (excluding diaryl/α,β-unsaturated/α-hetero) is 1. The highest BCUT2D eigenvalue weighted by Gasteiger charge is 2.46. The van der Waals surface area contributed by atoms with Crippen molar-refractivity contribution in [3.63, 3.8) is 0 Å². The highest BCUT2D eigenvalue weighted by molar-refractivity contribution is 6.46. The Bertz CT molecular complexity index is 994. The maximum absolute atomic E-state index is 13.0. The van der Waals surface area contributed by atoms with Gasteiger partial charge in [0.25, 0.3) is 11.7 Å². The van der Waals surface area contributed by atoms with Gasteiger partial charge in [-0.25, -0.2) is 0 Å². The third kappa shape index (κ3) is 4.03. The molecule has 2 aromatic rings. The first kappa shape index (κ1) is 20.6. The van der Waals surface area contributed by atoms with Crippen LogP contribution in [0.5, 0.6) is 5.75 Å². The van der Waals surface area contributed by atoms with Gasteiger partial charge in [0.05, 0.1) is 11.6 Å². The number of aromatic hydroxyl groups is 1. The van der Waals surface area contributed by atoms with Crippen LogP contribution in [0.2, 0.25) is 0 Å². The molecule has 6 nitrogen and oxygen atoms in total. The van der Waals surface area contributed by atoms with E-state index >= 15 is 0 Å². The minimum atomic E-state index is -0.762. The Morgan fingerprint density at radius 3 is 2.48 bits per heavy atom. The molecular weight excluding hydrogens is 368 g/mol. The van der Waals surface area contributed by atoms with E-state index in [1.807, 2.05) is 45.0 Å². The summed E-state index contributed by atoms with van der Waals surface area (Å²) in [5.41, 5.74) is 2.90. The fraction of sp³-hybridized carbons (Fsp3) is 0.304. The molecule has 1 unspecified atom stereocenters. The summed E-state index contributed by atoms with van der Waals surface area (Å²) in [6.07, 6.45) is 0. The molecule has 0 radical (unpaired) electrons. The summed E-state index contributed by atoms with van der Waals surface area (Å²) in [5.74, 6) is -1.51. The Morgan fingerprint density at radius 1 is 1.10 bits per heavy atom. The number of aliphatic hydroxyl groups is 1. The van der Waals surface area contributed by atoms with Gasteiger partial charge < -0.3 is 20.0 Å². The van der Waals surface area contributed by atoms with Gasteiger partial charge in [0, 0.05) is 18.7 Å². The van der Waals surface area contributed by atoms with E-state index in [1.165, 1.54) is 17.0 Å². The molecule has 0 bridgehead atoms. The summed E-state index contributed by atoms with van der Waals surface area (Å²) < 4.78 is 0. The van der Waals surface area contributed by atoms with Gasteiger partial charge in [0.15, 0.2) is 0 Å². The van der Waals surface area contributed by atoms with Crippen LogP contribution >= 0.6 is 0 Å². The number of likely N-dealkylation sites (tertiary alicyclic amines) is 1. The predicted octanol–water partition coefficient (Wildman–Crippen LogP) is 2.99. The largest absolute Gasteiger partial charge is 0.508 e. The van der Waals surface area contributed by atoms with Gasteiger partial charge in [-0.2, -0.15) is 0 Å². The lowest BCUT2D eigenvalue weighted by molar-refractivity contribution is -0.140. The zero-order valence-electron chi connectivity index (χ0n) is 17.1. The van der Waals surface area contributed by atoms with Gasteiger partial charge in [-0.3, -0.25) is 9.59 Å². The molecular formula is C23H26N2O4. The van der Waals surface area contributed by atoms with Crippen LogP contribution < -0.4 is 0 Å². The number of carbonyl (C=O) groups is 2. The van der Waals surface area contributed by atoms with Crippen LogP contribution in [-0.4, -0.2) is 58.9 Å². The molecule has 0 aromatic heterocycles. The minimum absolute atomic E-state index is 0.0347. The number of rotatable bonds is 5. The van der Waals surface area contributed by atoms with Gasteiger partial charge in [0.1, 0.15) is 11.5 Å². The summed E-state index contributed by atoms with van der Waals surface area (Å²) in [4.78, 5) is 29.2. The van der Waals surface area contributed by atoms with Crippen molar-refractivity contribution in [2.24, 2.45) is 0 Å². The van der Waals surface area contributed by atoms with Crippen LogP contribution in [0.25, 0.3) is 5.76 Å². The van der Waals surface area contributed by atoms with Crippen LogP contribution in [0.3, 0.4) is 0 Å². The van der Waals surface area contributed by atoms with Crippen molar-refractivity contribution in [2.45, 2.75) is 19.9 Å². The first-order valence-electron chi connectivity index (χ1n) is 9.50. The Labute approximate surface area is 170 Å². The molecule has 1 amide bonds. The molecule has 3 rings (SSSR count). The maximum atomic E-state index is 13.0. The molecule has 0 saturated carbocycles. The number of phenolic OH excluding ortho intramolecular Hbond substituents is 1. The minimum Gasteiger partial charge on any atom is -0.508 e. The number of carbonyl (C=O) groups excluding carboxylic acids is 2. The Balaban J connectivity index is 2.20. The van der Waals surface area contributed by atoms with E-state index in [-0.39, 0.29) is 17.1 Å². The van der Waals surface area contributed by atoms with E-state index in [4.69, 9.17) is 0 Å². The summed E-state index contributed by atoms with van der Waals surface area (Å²) in [6, 6.07) is 11.3. The highest BCUT2D eigenvalue weighted by atomic mass is 16.3. The monoisotopic (exact) mass is 394 g/mol. The molecule has 1 saturated heterocycles. The molecule has 0 spiro atoms. The quantitative estimate of drug-likeness (QED) is 0.463. The first-order valence-corrected chi connectivity index (χ1v) is 9.50. The van der Waals surface area contributed by atoms with Crippen molar-refractivity contribution >= 4 is 17.4 Å². The number of hydrogen-bond acceptors (Lipinski definition) is 5. The third-order valence-corrected chi connectivity index (χ3v) is 5.16. The van der Waals surface area contributed by atoms with Crippen LogP contribution in [0, 0.1) is 13.8 Å². The molecule has 1 atom stereocenters. The second kappa shape index (κ2) is 8.09. The van der Waals surface area contributed by atoms with Crippen LogP contribution in [0.4, 0.5) is 0 Å². The van der Waals surface area contributed by atoms with Gasteiger partial charge in [-0.1, -0.05) is 29.8 Å². The van der Waals surface area contributed by atoms with Crippen molar-refractivity contribution in [3.05, 3.63) is 70.3 Å². The number of benzene rings is 2. The van der Waals surface area contributed by atoms with E-state index < -0.39 is 17.7 Å². The highest BCUT2D eigenvalue weighted by Crippen LogP contribution is 2.40. The fourth-order valence-corrected chi connectivity index (χ4v) is 3.60. The fourth-order valence-electron chi connectivity index (χ4n) is 3.60. The molecule has 1 fully saturated rings. The zero-order chi connectivity index (χ0) is 21.3. The van der Waals surface area contributed by atoms with Crippen molar-refractivity contribution in [1.29, 1.82) is 0 Å². The number of nitrogens with zero attached hydrogens (tertiary/aromatic N) is 2. The lowest BCUT2D eigenvalue weighted by Gasteiger charge is -2.26. The van der Waals surface area contributed by atoms with E-state index in [1.54, 1.807) is 18.2 Å². The topological polar surface area (TPSA) is 81.1 Å². The number of ketones is 1. The summed E-state index contributed by atoms with van der Waals surface area (Å²) in [5, 5.41) is 21.1. The van der Waals surface area contributed by atoms with Crippen LogP contribution in [0.1, 0.15) is 28.3 Å². The number of amides is 1. The molecule has 152 valence electrons. The maximum Gasteiger partial charge on any atom is 0.295 e. The van der Waals surface area contributed by atoms with Gasteiger partial charge in [-0.05, 0) is 57.3 Å². The van der Waals surface area contributed by atoms with E-state index in [2.05, 4.69) is 0 Å². The molecule has 2 N–H and O–H groups in total. The Morgan fingerprint density at radius 2 is 1.83 bits per heavy atom. The SMILES string of the molecule is Cc1ccc(C)c(/C(O)=C2\C(=O)C(=O)N(CCN(C)C)C2c2cccc(O)c2)c1. The first-order chi connectivity index (χ1) is 13.7. The van der Waals surface area contributed by atoms with E-state index in [0.29, 0.717) is 24.2 Å². The standard InChI is InChI=1S/C23H26N2O4/c1-14-8-9-15(2)18(12-14)21(27)19-20(16-6-5-7-17(26)13-16)25(11-10-24(3)4)23(29)22(19)28/h5-9,12-13,20,26-27H,10-11H2,1-4H3/b21-19+. The number of aryl methyl sites for hydroxylation is 2. The van der Waals surface area contributed by atoms with Crippen molar-refractivity contribution < 1.29 is 19.8 Å². The summed E-state index contributed by atoms with van der Waals surface area (Å²) >= 11 is 0. The normalized spacial score (nSPS) is 18.7. The average Bonchev–Trinajstić information content (AvgIpc) is 2.92. The summed E-state index contributed by atoms with van der Waals surface area (Å²) in [7, 11) is 3.77. The Kier molecular flexibility index (Phi) is 5.75. The van der Waals surface area contributed by atoms with E-state index in [0.717, 1.165) is 11.1 Å². The van der Waals surface area contributed by atoms with E-state index in [9.17, 15) is 19.8 Å². The second-order valence-corrected chi connectivity index (χ2v) is 7.71. The number of phenols is 1. The Hall–Kier alpha value is -3.12. The molecule has 0 aliphatic carbocycles. The average molecular weight is 394 g/mol. The van der Waals surface area contributed by atoms with Crippen LogP contribution in [-0.2, 0) is 9.59 Å². The number of hydrogen-bond donors (Lipinski definition) is 2. The van der Waals surface area contributed by atoms with Crippen molar-refractivity contribution in [3.8, 4) is 5.75 Å². The predicted molar refractivity (Wildman–Crippen MR) is 112 cm³/mol. The smallest absolute Gasteiger partial charge is 0.295 e. The molecule has 6 heteroatoms. The number of likely N-dealkylation sites (N-methyl/N-ethyl adjacent to an activating group) is 1. The van der Waals surface area contributed by atoms with Gasteiger partial charge in [0.2, 0.25) is 0 Å². The molecule has 29 heavy (non-hydrogen) atoms. The van der Waals surface area contributed by atoms with Crippen LogP contribution in [0.15, 0.2) is 48.0 Å².